The number of thioether (sulfide) groups is 1. The number of carbonyl (C=O) groups is 1. The van der Waals surface area contributed by atoms with Crippen molar-refractivity contribution in [3.63, 3.8) is 0 Å². The fraction of sp³-hybridized carbons (Fsp3) is 0.348. The molecule has 0 radical (unpaired) electrons. The Morgan fingerprint density at radius 1 is 1.06 bits per heavy atom. The van der Waals surface area contributed by atoms with Gasteiger partial charge in [-0.3, -0.25) is 4.79 Å². The minimum absolute atomic E-state index is 0.0947. The fourth-order valence-electron chi connectivity index (χ4n) is 3.99. The Morgan fingerprint density at radius 2 is 1.90 bits per heavy atom. The predicted octanol–water partition coefficient (Wildman–Crippen LogP) is 3.71. The van der Waals surface area contributed by atoms with Crippen LogP contribution in [-0.4, -0.2) is 46.2 Å². The van der Waals surface area contributed by atoms with Crippen molar-refractivity contribution >= 4 is 23.4 Å². The van der Waals surface area contributed by atoms with E-state index in [1.54, 1.807) is 0 Å². The maximum Gasteiger partial charge on any atom is 0.237 e. The molecule has 31 heavy (non-hydrogen) atoms. The second kappa shape index (κ2) is 8.63. The molecule has 0 bridgehead atoms. The number of rotatable bonds is 4. The van der Waals surface area contributed by atoms with E-state index in [1.165, 1.54) is 17.3 Å². The molecule has 0 unspecified atom stereocenters. The monoisotopic (exact) mass is 436 g/mol. The molecule has 0 aliphatic carbocycles. The summed E-state index contributed by atoms with van der Waals surface area (Å²) >= 11 is 1.41. The SMILES string of the molecule is Cn1c(SCC(=O)N2CCCc3ccccc32)nnc1-c1ccc2c(c1)OCCCO2. The summed E-state index contributed by atoms with van der Waals surface area (Å²) in [5.41, 5.74) is 3.18. The lowest BCUT2D eigenvalue weighted by Gasteiger charge is -2.29. The zero-order valence-electron chi connectivity index (χ0n) is 17.4. The molecule has 5 rings (SSSR count). The van der Waals surface area contributed by atoms with E-state index < -0.39 is 0 Å². The zero-order valence-corrected chi connectivity index (χ0v) is 18.2. The van der Waals surface area contributed by atoms with Crippen molar-refractivity contribution in [1.82, 2.24) is 14.8 Å². The third-order valence-corrected chi connectivity index (χ3v) is 6.58. The van der Waals surface area contributed by atoms with Crippen LogP contribution in [0.5, 0.6) is 11.5 Å². The molecule has 7 nitrogen and oxygen atoms in total. The fourth-order valence-corrected chi connectivity index (χ4v) is 4.78. The first-order valence-corrected chi connectivity index (χ1v) is 11.5. The highest BCUT2D eigenvalue weighted by molar-refractivity contribution is 7.99. The summed E-state index contributed by atoms with van der Waals surface area (Å²) < 4.78 is 13.4. The molecule has 0 fully saturated rings. The summed E-state index contributed by atoms with van der Waals surface area (Å²) in [6, 6.07) is 14.0. The number of para-hydroxylation sites is 1. The number of aryl methyl sites for hydroxylation is 1. The topological polar surface area (TPSA) is 69.5 Å². The van der Waals surface area contributed by atoms with Gasteiger partial charge in [0.2, 0.25) is 5.91 Å². The van der Waals surface area contributed by atoms with Crippen molar-refractivity contribution < 1.29 is 14.3 Å². The van der Waals surface area contributed by atoms with Gasteiger partial charge in [-0.15, -0.1) is 10.2 Å². The summed E-state index contributed by atoms with van der Waals surface area (Å²) in [6.45, 7) is 2.06. The highest BCUT2D eigenvalue weighted by Gasteiger charge is 2.23. The molecule has 160 valence electrons. The number of hydrogen-bond acceptors (Lipinski definition) is 6. The third-order valence-electron chi connectivity index (χ3n) is 5.58. The zero-order chi connectivity index (χ0) is 21.2. The Hall–Kier alpha value is -3.00. The Kier molecular flexibility index (Phi) is 5.55. The maximum absolute atomic E-state index is 12.9. The molecule has 2 aromatic carbocycles. The summed E-state index contributed by atoms with van der Waals surface area (Å²) in [4.78, 5) is 14.8. The van der Waals surface area contributed by atoms with Crippen molar-refractivity contribution in [2.45, 2.75) is 24.4 Å². The van der Waals surface area contributed by atoms with E-state index in [0.717, 1.165) is 54.4 Å². The molecule has 3 aromatic rings. The molecule has 8 heteroatoms. The summed E-state index contributed by atoms with van der Waals surface area (Å²) in [5, 5.41) is 9.38. The molecule has 0 N–H and O–H groups in total. The molecule has 1 aromatic heterocycles. The lowest BCUT2D eigenvalue weighted by atomic mass is 10.0. The number of aromatic nitrogens is 3. The normalized spacial score (nSPS) is 15.3. The van der Waals surface area contributed by atoms with Gasteiger partial charge in [-0.1, -0.05) is 30.0 Å². The summed E-state index contributed by atoms with van der Waals surface area (Å²) in [5.74, 6) is 2.63. The van der Waals surface area contributed by atoms with Gasteiger partial charge in [0.1, 0.15) is 0 Å². The van der Waals surface area contributed by atoms with E-state index >= 15 is 0 Å². The quantitative estimate of drug-likeness (QED) is 0.581. The second-order valence-corrected chi connectivity index (χ2v) is 8.59. The lowest BCUT2D eigenvalue weighted by Crippen LogP contribution is -2.36. The minimum Gasteiger partial charge on any atom is -0.490 e. The first-order valence-electron chi connectivity index (χ1n) is 10.5. The van der Waals surface area contributed by atoms with Gasteiger partial charge in [0.15, 0.2) is 22.5 Å². The lowest BCUT2D eigenvalue weighted by molar-refractivity contribution is -0.116. The van der Waals surface area contributed by atoms with Gasteiger partial charge in [-0.2, -0.15) is 0 Å². The Labute approximate surface area is 185 Å². The Bertz CT molecular complexity index is 1110. The van der Waals surface area contributed by atoms with E-state index in [2.05, 4.69) is 16.3 Å². The Balaban J connectivity index is 1.30. The molecular weight excluding hydrogens is 412 g/mol. The number of nitrogens with zero attached hydrogens (tertiary/aromatic N) is 4. The number of amides is 1. The van der Waals surface area contributed by atoms with Crippen molar-refractivity contribution in [3.05, 3.63) is 48.0 Å². The van der Waals surface area contributed by atoms with Crippen LogP contribution in [0.3, 0.4) is 0 Å². The van der Waals surface area contributed by atoms with Crippen molar-refractivity contribution in [1.29, 1.82) is 0 Å². The third kappa shape index (κ3) is 3.99. The van der Waals surface area contributed by atoms with Crippen molar-refractivity contribution in [3.8, 4) is 22.9 Å². The molecule has 1 amide bonds. The van der Waals surface area contributed by atoms with E-state index in [-0.39, 0.29) is 5.91 Å². The van der Waals surface area contributed by atoms with Crippen molar-refractivity contribution in [2.24, 2.45) is 7.05 Å². The highest BCUT2D eigenvalue weighted by Crippen LogP contribution is 2.34. The maximum atomic E-state index is 12.9. The number of benzene rings is 2. The van der Waals surface area contributed by atoms with Gasteiger partial charge >= 0.3 is 0 Å². The number of fused-ring (bicyclic) bond motifs is 2. The first-order chi connectivity index (χ1) is 15.2. The van der Waals surface area contributed by atoms with Crippen LogP contribution in [0.1, 0.15) is 18.4 Å². The average Bonchev–Trinajstić information content (AvgIpc) is 3.01. The smallest absolute Gasteiger partial charge is 0.237 e. The second-order valence-electron chi connectivity index (χ2n) is 7.64. The van der Waals surface area contributed by atoms with Gasteiger partial charge in [0.05, 0.1) is 19.0 Å². The van der Waals surface area contributed by atoms with E-state index in [4.69, 9.17) is 9.47 Å². The van der Waals surface area contributed by atoms with Crippen LogP contribution in [0.2, 0.25) is 0 Å². The van der Waals surface area contributed by atoms with Gasteiger partial charge in [-0.25, -0.2) is 0 Å². The minimum atomic E-state index is 0.0947. The van der Waals surface area contributed by atoms with Crippen LogP contribution in [0, 0.1) is 0 Å². The first kappa shape index (κ1) is 19.9. The van der Waals surface area contributed by atoms with Gasteiger partial charge in [-0.05, 0) is 42.7 Å². The standard InChI is InChI=1S/C23H24N4O3S/c1-26-22(17-9-10-19-20(14-17)30-13-5-12-29-19)24-25-23(26)31-15-21(28)27-11-4-7-16-6-2-3-8-18(16)27/h2-3,6,8-10,14H,4-5,7,11-13,15H2,1H3. The number of carbonyl (C=O) groups excluding carboxylic acids is 1. The van der Waals surface area contributed by atoms with Gasteiger partial charge in [0.25, 0.3) is 0 Å². The molecule has 0 spiro atoms. The average molecular weight is 437 g/mol. The molecular formula is C23H24N4O3S. The molecule has 0 atom stereocenters. The van der Waals surface area contributed by atoms with Crippen LogP contribution in [-0.2, 0) is 18.3 Å². The summed E-state index contributed by atoms with van der Waals surface area (Å²) in [7, 11) is 1.92. The van der Waals surface area contributed by atoms with Crippen LogP contribution in [0.15, 0.2) is 47.6 Å². The van der Waals surface area contributed by atoms with Gasteiger partial charge < -0.3 is 18.9 Å². The van der Waals surface area contributed by atoms with E-state index in [0.29, 0.717) is 24.1 Å². The van der Waals surface area contributed by atoms with Crippen LogP contribution in [0.4, 0.5) is 5.69 Å². The van der Waals surface area contributed by atoms with Crippen LogP contribution >= 0.6 is 11.8 Å². The molecule has 2 aliphatic rings. The number of ether oxygens (including phenoxy) is 2. The largest absolute Gasteiger partial charge is 0.490 e. The highest BCUT2D eigenvalue weighted by atomic mass is 32.2. The van der Waals surface area contributed by atoms with E-state index in [9.17, 15) is 4.79 Å². The van der Waals surface area contributed by atoms with Crippen LogP contribution < -0.4 is 14.4 Å². The summed E-state index contributed by atoms with van der Waals surface area (Å²) in [6.07, 6.45) is 2.88. The van der Waals surface area contributed by atoms with Crippen LogP contribution in [0.25, 0.3) is 11.4 Å². The van der Waals surface area contributed by atoms with Crippen molar-refractivity contribution in [2.75, 3.05) is 30.4 Å². The molecule has 0 saturated carbocycles. The van der Waals surface area contributed by atoms with Gasteiger partial charge in [0, 0.05) is 31.3 Å². The van der Waals surface area contributed by atoms with E-state index in [1.807, 2.05) is 52.9 Å². The number of hydrogen-bond donors (Lipinski definition) is 0. The molecule has 3 heterocycles. The molecule has 0 saturated heterocycles. The number of anilines is 1. The Morgan fingerprint density at radius 3 is 2.81 bits per heavy atom. The predicted molar refractivity (Wildman–Crippen MR) is 120 cm³/mol. The molecule has 2 aliphatic heterocycles.